The van der Waals surface area contributed by atoms with Gasteiger partial charge in [-0.15, -0.1) is 0 Å². The summed E-state index contributed by atoms with van der Waals surface area (Å²) in [5.74, 6) is 0.994. The van der Waals surface area contributed by atoms with Crippen molar-refractivity contribution in [2.75, 3.05) is 31.1 Å². The predicted octanol–water partition coefficient (Wildman–Crippen LogP) is 2.66. The summed E-state index contributed by atoms with van der Waals surface area (Å²) in [5, 5.41) is 3.38. The molecule has 0 bridgehead atoms. The van der Waals surface area contributed by atoms with Crippen LogP contribution in [0, 0.1) is 0 Å². The third-order valence-electron chi connectivity index (χ3n) is 3.50. The van der Waals surface area contributed by atoms with Crippen LogP contribution in [0.5, 0.6) is 5.75 Å². The van der Waals surface area contributed by atoms with Gasteiger partial charge in [-0.2, -0.15) is 0 Å². The molecular weight excluding hydrogens is 224 g/mol. The van der Waals surface area contributed by atoms with Gasteiger partial charge in [-0.3, -0.25) is 0 Å². The van der Waals surface area contributed by atoms with E-state index in [4.69, 9.17) is 4.74 Å². The molecule has 0 aromatic heterocycles. The fourth-order valence-corrected chi connectivity index (χ4v) is 2.46. The normalized spacial score (nSPS) is 19.6. The van der Waals surface area contributed by atoms with Crippen LogP contribution < -0.4 is 15.0 Å². The molecule has 0 saturated carbocycles. The second kappa shape index (κ2) is 6.64. The Morgan fingerprint density at radius 2 is 2.17 bits per heavy atom. The maximum atomic E-state index is 6.05. The summed E-state index contributed by atoms with van der Waals surface area (Å²) in [7, 11) is 0. The lowest BCUT2D eigenvalue weighted by Crippen LogP contribution is -2.37. The Morgan fingerprint density at radius 3 is 2.83 bits per heavy atom. The van der Waals surface area contributed by atoms with Crippen molar-refractivity contribution in [2.45, 2.75) is 32.8 Å². The van der Waals surface area contributed by atoms with E-state index in [1.165, 1.54) is 12.1 Å². The number of nitrogens with zero attached hydrogens (tertiary/aromatic N) is 1. The molecule has 18 heavy (non-hydrogen) atoms. The van der Waals surface area contributed by atoms with Crippen molar-refractivity contribution < 1.29 is 4.74 Å². The lowest BCUT2D eigenvalue weighted by Gasteiger charge is -2.25. The van der Waals surface area contributed by atoms with E-state index < -0.39 is 0 Å². The highest BCUT2D eigenvalue weighted by Crippen LogP contribution is 2.23. The standard InChI is InChI=1S/C15H24N2O/c1-3-17(4-2)13-7-5-8-14(11-13)18-15-9-6-10-16-12-15/h5,7-8,11,15-16H,3-4,6,9-10,12H2,1-2H3. The zero-order chi connectivity index (χ0) is 12.8. The number of rotatable bonds is 5. The van der Waals surface area contributed by atoms with Crippen LogP contribution in [0.4, 0.5) is 5.69 Å². The lowest BCUT2D eigenvalue weighted by molar-refractivity contribution is 0.167. The first-order chi connectivity index (χ1) is 8.83. The van der Waals surface area contributed by atoms with Crippen LogP contribution in [0.2, 0.25) is 0 Å². The Hall–Kier alpha value is -1.22. The largest absolute Gasteiger partial charge is 0.489 e. The van der Waals surface area contributed by atoms with Gasteiger partial charge in [0.15, 0.2) is 0 Å². The van der Waals surface area contributed by atoms with Gasteiger partial charge in [0.1, 0.15) is 11.9 Å². The average Bonchev–Trinajstić information content (AvgIpc) is 2.42. The first-order valence-corrected chi connectivity index (χ1v) is 7.06. The minimum Gasteiger partial charge on any atom is -0.489 e. The van der Waals surface area contributed by atoms with Gasteiger partial charge in [-0.05, 0) is 45.4 Å². The second-order valence-corrected chi connectivity index (χ2v) is 4.76. The molecule has 1 N–H and O–H groups in total. The molecule has 0 radical (unpaired) electrons. The van der Waals surface area contributed by atoms with Crippen molar-refractivity contribution in [2.24, 2.45) is 0 Å². The van der Waals surface area contributed by atoms with E-state index in [2.05, 4.69) is 48.3 Å². The fraction of sp³-hybridized carbons (Fsp3) is 0.600. The Bertz CT molecular complexity index is 357. The molecule has 0 spiro atoms. The number of ether oxygens (including phenoxy) is 1. The number of benzene rings is 1. The molecule has 1 aliphatic heterocycles. The van der Waals surface area contributed by atoms with Crippen molar-refractivity contribution in [3.63, 3.8) is 0 Å². The molecule has 1 fully saturated rings. The molecule has 3 nitrogen and oxygen atoms in total. The summed E-state index contributed by atoms with van der Waals surface area (Å²) < 4.78 is 6.05. The van der Waals surface area contributed by atoms with Crippen LogP contribution in [-0.2, 0) is 0 Å². The minimum atomic E-state index is 0.325. The maximum absolute atomic E-state index is 6.05. The highest BCUT2D eigenvalue weighted by atomic mass is 16.5. The highest BCUT2D eigenvalue weighted by molar-refractivity contribution is 5.50. The molecule has 1 aromatic carbocycles. The van der Waals surface area contributed by atoms with Gasteiger partial charge in [0.05, 0.1) is 0 Å². The Kier molecular flexibility index (Phi) is 4.88. The molecule has 1 atom stereocenters. The first kappa shape index (κ1) is 13.2. The number of anilines is 1. The molecule has 1 saturated heterocycles. The summed E-state index contributed by atoms with van der Waals surface area (Å²) in [6.07, 6.45) is 2.69. The van der Waals surface area contributed by atoms with Crippen LogP contribution >= 0.6 is 0 Å². The van der Waals surface area contributed by atoms with Crippen molar-refractivity contribution in [1.29, 1.82) is 0 Å². The second-order valence-electron chi connectivity index (χ2n) is 4.76. The van der Waals surface area contributed by atoms with Gasteiger partial charge in [0.2, 0.25) is 0 Å². The summed E-state index contributed by atoms with van der Waals surface area (Å²) in [6, 6.07) is 8.45. The molecule has 1 aliphatic rings. The third kappa shape index (κ3) is 3.39. The lowest BCUT2D eigenvalue weighted by atomic mass is 10.1. The minimum absolute atomic E-state index is 0.325. The van der Waals surface area contributed by atoms with Crippen molar-refractivity contribution in [1.82, 2.24) is 5.32 Å². The third-order valence-corrected chi connectivity index (χ3v) is 3.50. The highest BCUT2D eigenvalue weighted by Gasteiger charge is 2.14. The smallest absolute Gasteiger partial charge is 0.121 e. The summed E-state index contributed by atoms with van der Waals surface area (Å²) in [5.41, 5.74) is 1.25. The molecule has 3 heteroatoms. The van der Waals surface area contributed by atoms with Crippen LogP contribution in [0.15, 0.2) is 24.3 Å². The summed E-state index contributed by atoms with van der Waals surface area (Å²) in [6.45, 7) is 8.52. The van der Waals surface area contributed by atoms with Gasteiger partial charge >= 0.3 is 0 Å². The predicted molar refractivity (Wildman–Crippen MR) is 76.5 cm³/mol. The van der Waals surface area contributed by atoms with E-state index in [1.54, 1.807) is 0 Å². The van der Waals surface area contributed by atoms with E-state index in [-0.39, 0.29) is 0 Å². The van der Waals surface area contributed by atoms with E-state index in [9.17, 15) is 0 Å². The molecule has 2 rings (SSSR count). The number of nitrogens with one attached hydrogen (secondary N) is 1. The Labute approximate surface area is 110 Å². The SMILES string of the molecule is CCN(CC)c1cccc(OC2CCCNC2)c1. The molecule has 1 heterocycles. The molecule has 1 unspecified atom stereocenters. The molecule has 100 valence electrons. The molecule has 1 aromatic rings. The van der Waals surface area contributed by atoms with Crippen molar-refractivity contribution in [3.05, 3.63) is 24.3 Å². The number of piperidine rings is 1. The zero-order valence-electron chi connectivity index (χ0n) is 11.5. The van der Waals surface area contributed by atoms with E-state index >= 15 is 0 Å². The average molecular weight is 248 g/mol. The number of hydrogen-bond donors (Lipinski definition) is 1. The molecule has 0 amide bonds. The van der Waals surface area contributed by atoms with E-state index in [0.29, 0.717) is 6.10 Å². The van der Waals surface area contributed by atoms with Crippen molar-refractivity contribution >= 4 is 5.69 Å². The first-order valence-electron chi connectivity index (χ1n) is 7.06. The van der Waals surface area contributed by atoms with Crippen molar-refractivity contribution in [3.8, 4) is 5.75 Å². The summed E-state index contributed by atoms with van der Waals surface area (Å²) in [4.78, 5) is 2.34. The fourth-order valence-electron chi connectivity index (χ4n) is 2.46. The van der Waals surface area contributed by atoms with Gasteiger partial charge in [0.25, 0.3) is 0 Å². The topological polar surface area (TPSA) is 24.5 Å². The Morgan fingerprint density at radius 1 is 1.33 bits per heavy atom. The summed E-state index contributed by atoms with van der Waals surface area (Å²) >= 11 is 0. The van der Waals surface area contributed by atoms with Crippen LogP contribution in [0.3, 0.4) is 0 Å². The quantitative estimate of drug-likeness (QED) is 0.867. The van der Waals surface area contributed by atoms with Crippen LogP contribution in [0.25, 0.3) is 0 Å². The zero-order valence-corrected chi connectivity index (χ0v) is 11.5. The van der Waals surface area contributed by atoms with Gasteiger partial charge < -0.3 is 15.0 Å². The molecule has 0 aliphatic carbocycles. The van der Waals surface area contributed by atoms with E-state index in [1.807, 2.05) is 0 Å². The maximum Gasteiger partial charge on any atom is 0.121 e. The Balaban J connectivity index is 2.01. The van der Waals surface area contributed by atoms with Crippen LogP contribution in [0.1, 0.15) is 26.7 Å². The monoisotopic (exact) mass is 248 g/mol. The van der Waals surface area contributed by atoms with Crippen LogP contribution in [-0.4, -0.2) is 32.3 Å². The van der Waals surface area contributed by atoms with Gasteiger partial charge in [-0.1, -0.05) is 6.07 Å². The van der Waals surface area contributed by atoms with Gasteiger partial charge in [-0.25, -0.2) is 0 Å². The van der Waals surface area contributed by atoms with E-state index in [0.717, 1.165) is 38.3 Å². The number of hydrogen-bond acceptors (Lipinski definition) is 3. The molecular formula is C15H24N2O. The van der Waals surface area contributed by atoms with Gasteiger partial charge in [0, 0.05) is 31.4 Å².